The van der Waals surface area contributed by atoms with Crippen LogP contribution in [0, 0.1) is 0 Å². The van der Waals surface area contributed by atoms with Crippen LogP contribution >= 0.6 is 0 Å². The minimum atomic E-state index is -4.55. The van der Waals surface area contributed by atoms with Gasteiger partial charge in [-0.3, -0.25) is 18.4 Å². The topological polar surface area (TPSA) is 84.0 Å². The number of nitrogens with one attached hydrogen (secondary N) is 1. The summed E-state index contributed by atoms with van der Waals surface area (Å²) in [6, 6.07) is 16.8. The van der Waals surface area contributed by atoms with Crippen LogP contribution in [0.2, 0.25) is 0 Å². The standard InChI is InChI=1S/C28H23F3N6O2/c29-28(30,31)23-4-3-6-25-34-21(17-37(23)25)27(39)35-14-11-19(12-15-35)18-7-9-20(10-8-18)33-26(38)22-16-32-24-5-1-2-13-36(22)24/h1-10,13,16-17,19H,11-12,14-15H2,(H,33,38). The average molecular weight is 533 g/mol. The molecule has 198 valence electrons. The molecule has 39 heavy (non-hydrogen) atoms. The number of nitrogens with zero attached hydrogens (tertiary/aromatic N) is 5. The largest absolute Gasteiger partial charge is 0.431 e. The van der Waals surface area contributed by atoms with Crippen LogP contribution in [0.3, 0.4) is 0 Å². The van der Waals surface area contributed by atoms with Crippen molar-refractivity contribution >= 4 is 28.8 Å². The monoisotopic (exact) mass is 532 g/mol. The molecule has 0 unspecified atom stereocenters. The molecule has 1 aromatic carbocycles. The zero-order chi connectivity index (χ0) is 27.1. The van der Waals surface area contributed by atoms with Gasteiger partial charge in [-0.15, -0.1) is 0 Å². The van der Waals surface area contributed by atoms with Crippen LogP contribution in [0.15, 0.2) is 79.3 Å². The number of aromatic nitrogens is 4. The average Bonchev–Trinajstić information content (AvgIpc) is 3.57. The molecule has 0 spiro atoms. The van der Waals surface area contributed by atoms with E-state index in [0.717, 1.165) is 22.2 Å². The number of amides is 2. The maximum absolute atomic E-state index is 13.3. The van der Waals surface area contributed by atoms with E-state index in [2.05, 4.69) is 15.3 Å². The van der Waals surface area contributed by atoms with Gasteiger partial charge in [-0.1, -0.05) is 24.3 Å². The van der Waals surface area contributed by atoms with Crippen LogP contribution in [-0.4, -0.2) is 48.6 Å². The third kappa shape index (κ3) is 4.71. The number of benzene rings is 1. The summed E-state index contributed by atoms with van der Waals surface area (Å²) in [5.74, 6) is -0.422. The Kier molecular flexibility index (Phi) is 6.05. The molecule has 1 fully saturated rings. The van der Waals surface area contributed by atoms with Gasteiger partial charge in [0, 0.05) is 31.2 Å². The molecule has 1 aliphatic heterocycles. The first kappa shape index (κ1) is 24.7. The summed E-state index contributed by atoms with van der Waals surface area (Å²) < 4.78 is 42.6. The number of piperidine rings is 1. The lowest BCUT2D eigenvalue weighted by atomic mass is 9.89. The van der Waals surface area contributed by atoms with Crippen LogP contribution in [0.4, 0.5) is 18.9 Å². The van der Waals surface area contributed by atoms with Gasteiger partial charge in [-0.2, -0.15) is 13.2 Å². The van der Waals surface area contributed by atoms with Gasteiger partial charge in [0.25, 0.3) is 11.8 Å². The molecule has 0 saturated carbocycles. The molecule has 6 rings (SSSR count). The number of pyridine rings is 2. The van der Waals surface area contributed by atoms with Crippen LogP contribution in [-0.2, 0) is 6.18 Å². The molecule has 5 aromatic rings. The predicted molar refractivity (Wildman–Crippen MR) is 138 cm³/mol. The Hall–Kier alpha value is -4.67. The van der Waals surface area contributed by atoms with Crippen molar-refractivity contribution in [2.75, 3.05) is 18.4 Å². The molecule has 5 heterocycles. The first-order valence-electron chi connectivity index (χ1n) is 12.5. The number of likely N-dealkylation sites (tertiary alicyclic amines) is 1. The highest BCUT2D eigenvalue weighted by Crippen LogP contribution is 2.31. The molecule has 4 aromatic heterocycles. The summed E-state index contributed by atoms with van der Waals surface area (Å²) in [6.07, 6.45) is 1.35. The van der Waals surface area contributed by atoms with Gasteiger partial charge >= 0.3 is 6.18 Å². The number of hydrogen-bond donors (Lipinski definition) is 1. The van der Waals surface area contributed by atoms with Crippen molar-refractivity contribution in [3.63, 3.8) is 0 Å². The highest BCUT2D eigenvalue weighted by atomic mass is 19.4. The Morgan fingerprint density at radius 2 is 1.64 bits per heavy atom. The van der Waals surface area contributed by atoms with E-state index in [4.69, 9.17) is 0 Å². The van der Waals surface area contributed by atoms with Crippen molar-refractivity contribution in [2.45, 2.75) is 24.9 Å². The van der Waals surface area contributed by atoms with E-state index in [-0.39, 0.29) is 29.1 Å². The summed E-state index contributed by atoms with van der Waals surface area (Å²) in [4.78, 5) is 35.8. The fourth-order valence-electron chi connectivity index (χ4n) is 5.06. The van der Waals surface area contributed by atoms with E-state index in [0.29, 0.717) is 43.0 Å². The van der Waals surface area contributed by atoms with E-state index >= 15 is 0 Å². The molecule has 0 radical (unpaired) electrons. The van der Waals surface area contributed by atoms with Gasteiger partial charge in [-0.25, -0.2) is 9.97 Å². The van der Waals surface area contributed by atoms with E-state index < -0.39 is 11.9 Å². The summed E-state index contributed by atoms with van der Waals surface area (Å²) in [5.41, 5.74) is 2.09. The first-order valence-corrected chi connectivity index (χ1v) is 12.5. The minimum absolute atomic E-state index is 0.00351. The molecular weight excluding hydrogens is 509 g/mol. The van der Waals surface area contributed by atoms with Gasteiger partial charge in [0.15, 0.2) is 0 Å². The van der Waals surface area contributed by atoms with Gasteiger partial charge in [0.05, 0.1) is 6.20 Å². The quantitative estimate of drug-likeness (QED) is 0.342. The maximum atomic E-state index is 13.3. The summed E-state index contributed by atoms with van der Waals surface area (Å²) in [7, 11) is 0. The van der Waals surface area contributed by atoms with E-state index in [1.807, 2.05) is 42.5 Å². The van der Waals surface area contributed by atoms with E-state index in [9.17, 15) is 22.8 Å². The number of imidazole rings is 2. The lowest BCUT2D eigenvalue weighted by Gasteiger charge is -2.32. The second-order valence-electron chi connectivity index (χ2n) is 9.48. The Balaban J connectivity index is 1.09. The summed E-state index contributed by atoms with van der Waals surface area (Å²) in [5, 5.41) is 2.90. The first-order chi connectivity index (χ1) is 18.8. The van der Waals surface area contributed by atoms with Crippen LogP contribution in [0.5, 0.6) is 0 Å². The number of alkyl halides is 3. The lowest BCUT2D eigenvalue weighted by Crippen LogP contribution is -2.38. The highest BCUT2D eigenvalue weighted by molar-refractivity contribution is 6.03. The Labute approximate surface area is 220 Å². The fourth-order valence-corrected chi connectivity index (χ4v) is 5.06. The molecule has 1 aliphatic rings. The SMILES string of the molecule is O=C(Nc1ccc(C2CCN(C(=O)c3cn4c(C(F)(F)F)cccc4n3)CC2)cc1)c1cnc2ccccn12. The van der Waals surface area contributed by atoms with Crippen LogP contribution in [0.25, 0.3) is 11.3 Å². The number of carbonyl (C=O) groups is 2. The second kappa shape index (κ2) is 9.57. The number of carbonyl (C=O) groups excluding carboxylic acids is 2. The van der Waals surface area contributed by atoms with Gasteiger partial charge in [-0.05, 0) is 60.7 Å². The predicted octanol–water partition coefficient (Wildman–Crippen LogP) is 5.27. The normalized spacial score (nSPS) is 14.7. The Morgan fingerprint density at radius 1 is 0.897 bits per heavy atom. The molecule has 1 saturated heterocycles. The number of anilines is 1. The van der Waals surface area contributed by atoms with E-state index in [1.54, 1.807) is 15.5 Å². The smallest absolute Gasteiger partial charge is 0.337 e. The summed E-state index contributed by atoms with van der Waals surface area (Å²) in [6.45, 7) is 0.937. The van der Waals surface area contributed by atoms with Crippen molar-refractivity contribution in [1.29, 1.82) is 0 Å². The van der Waals surface area contributed by atoms with Crippen molar-refractivity contribution < 1.29 is 22.8 Å². The molecule has 2 amide bonds. The third-order valence-electron chi connectivity index (χ3n) is 7.07. The molecule has 8 nitrogen and oxygen atoms in total. The van der Waals surface area contributed by atoms with Crippen molar-refractivity contribution in [3.8, 4) is 0 Å². The van der Waals surface area contributed by atoms with Gasteiger partial charge in [0.1, 0.15) is 28.4 Å². The van der Waals surface area contributed by atoms with Crippen LogP contribution < -0.4 is 5.32 Å². The number of rotatable bonds is 4. The molecular formula is C28H23F3N6O2. The Morgan fingerprint density at radius 3 is 2.38 bits per heavy atom. The van der Waals surface area contributed by atoms with Crippen LogP contribution in [0.1, 0.15) is 51.0 Å². The molecule has 1 N–H and O–H groups in total. The number of halogens is 3. The van der Waals surface area contributed by atoms with Gasteiger partial charge in [0.2, 0.25) is 0 Å². The zero-order valence-electron chi connectivity index (χ0n) is 20.6. The molecule has 11 heteroatoms. The summed E-state index contributed by atoms with van der Waals surface area (Å²) >= 11 is 0. The van der Waals surface area contributed by atoms with E-state index in [1.165, 1.54) is 18.3 Å². The lowest BCUT2D eigenvalue weighted by molar-refractivity contribution is -0.142. The molecule has 0 aliphatic carbocycles. The molecule has 0 atom stereocenters. The second-order valence-corrected chi connectivity index (χ2v) is 9.48. The maximum Gasteiger partial charge on any atom is 0.431 e. The fraction of sp³-hybridized carbons (Fsp3) is 0.214. The minimum Gasteiger partial charge on any atom is -0.337 e. The zero-order valence-corrected chi connectivity index (χ0v) is 20.6. The number of hydrogen-bond acceptors (Lipinski definition) is 4. The number of fused-ring (bicyclic) bond motifs is 2. The third-order valence-corrected chi connectivity index (χ3v) is 7.07. The highest BCUT2D eigenvalue weighted by Gasteiger charge is 2.34. The van der Waals surface area contributed by atoms with Crippen molar-refractivity contribution in [3.05, 3.63) is 102 Å². The Bertz CT molecular complexity index is 1680. The van der Waals surface area contributed by atoms with Gasteiger partial charge < -0.3 is 10.2 Å². The molecule has 0 bridgehead atoms. The van der Waals surface area contributed by atoms with Crippen molar-refractivity contribution in [2.24, 2.45) is 0 Å². The van der Waals surface area contributed by atoms with Crippen molar-refractivity contribution in [1.82, 2.24) is 23.7 Å².